The SMILES string of the molecule is Cc1ccncc1C(=O)CN1c2nc(NCC(C)OCC3CC3)cc(=O)n2CCC1C(F)(F)F. The number of halogens is 3. The Kier molecular flexibility index (Phi) is 6.92. The van der Waals surface area contributed by atoms with Crippen LogP contribution < -0.4 is 15.8 Å². The summed E-state index contributed by atoms with van der Waals surface area (Å²) in [4.78, 5) is 34.8. The van der Waals surface area contributed by atoms with Gasteiger partial charge in [0, 0.05) is 43.7 Å². The van der Waals surface area contributed by atoms with Crippen molar-refractivity contribution in [3.63, 3.8) is 0 Å². The Morgan fingerprint density at radius 3 is 2.76 bits per heavy atom. The van der Waals surface area contributed by atoms with E-state index in [1.165, 1.54) is 23.0 Å². The van der Waals surface area contributed by atoms with E-state index >= 15 is 0 Å². The fourth-order valence-corrected chi connectivity index (χ4v) is 3.97. The highest BCUT2D eigenvalue weighted by Gasteiger charge is 2.47. The number of fused-ring (bicyclic) bond motifs is 1. The number of alkyl halides is 3. The van der Waals surface area contributed by atoms with Crippen LogP contribution in [0.15, 0.2) is 29.3 Å². The molecule has 0 spiro atoms. The van der Waals surface area contributed by atoms with E-state index in [0.717, 1.165) is 17.7 Å². The molecule has 2 aromatic rings. The zero-order valence-electron chi connectivity index (χ0n) is 19.1. The van der Waals surface area contributed by atoms with Crippen molar-refractivity contribution in [1.82, 2.24) is 14.5 Å². The molecule has 0 saturated heterocycles. The van der Waals surface area contributed by atoms with E-state index in [-0.39, 0.29) is 36.4 Å². The molecule has 34 heavy (non-hydrogen) atoms. The van der Waals surface area contributed by atoms with Crippen LogP contribution in [0.3, 0.4) is 0 Å². The number of nitrogens with one attached hydrogen (secondary N) is 1. The number of aromatic nitrogens is 3. The zero-order chi connectivity index (χ0) is 24.5. The molecule has 0 amide bonds. The van der Waals surface area contributed by atoms with Crippen LogP contribution in [0.4, 0.5) is 24.9 Å². The molecule has 1 saturated carbocycles. The van der Waals surface area contributed by atoms with E-state index in [4.69, 9.17) is 4.74 Å². The first kappa shape index (κ1) is 24.2. The minimum absolute atomic E-state index is 0.136. The third-order valence-corrected chi connectivity index (χ3v) is 6.16. The maximum atomic E-state index is 13.9. The van der Waals surface area contributed by atoms with Crippen molar-refractivity contribution >= 4 is 17.5 Å². The van der Waals surface area contributed by atoms with Crippen molar-refractivity contribution < 1.29 is 22.7 Å². The Balaban J connectivity index is 1.59. The lowest BCUT2D eigenvalue weighted by atomic mass is 10.0. The van der Waals surface area contributed by atoms with Crippen LogP contribution in [0.2, 0.25) is 0 Å². The molecule has 1 aliphatic carbocycles. The summed E-state index contributed by atoms with van der Waals surface area (Å²) in [5.74, 6) is 0.0480. The van der Waals surface area contributed by atoms with Gasteiger partial charge < -0.3 is 15.0 Å². The molecule has 0 bridgehead atoms. The molecule has 2 aromatic heterocycles. The Morgan fingerprint density at radius 1 is 1.32 bits per heavy atom. The molecule has 4 rings (SSSR count). The zero-order valence-corrected chi connectivity index (χ0v) is 19.1. The summed E-state index contributed by atoms with van der Waals surface area (Å²) < 4.78 is 48.7. The highest BCUT2D eigenvalue weighted by molar-refractivity contribution is 6.00. The van der Waals surface area contributed by atoms with Gasteiger partial charge in [-0.05, 0) is 50.7 Å². The van der Waals surface area contributed by atoms with Gasteiger partial charge in [0.25, 0.3) is 5.56 Å². The third-order valence-electron chi connectivity index (χ3n) is 6.16. The summed E-state index contributed by atoms with van der Waals surface area (Å²) in [7, 11) is 0. The topological polar surface area (TPSA) is 89.4 Å². The molecule has 2 unspecified atom stereocenters. The van der Waals surface area contributed by atoms with E-state index in [1.54, 1.807) is 13.0 Å². The molecule has 8 nitrogen and oxygen atoms in total. The van der Waals surface area contributed by atoms with Gasteiger partial charge in [-0.2, -0.15) is 18.2 Å². The number of pyridine rings is 1. The van der Waals surface area contributed by atoms with Crippen molar-refractivity contribution in [1.29, 1.82) is 0 Å². The smallest absolute Gasteiger partial charge is 0.376 e. The van der Waals surface area contributed by atoms with Crippen molar-refractivity contribution in [3.05, 3.63) is 46.0 Å². The third kappa shape index (κ3) is 5.57. The average Bonchev–Trinajstić information content (AvgIpc) is 3.60. The quantitative estimate of drug-likeness (QED) is 0.553. The normalized spacial score (nSPS) is 19.0. The molecule has 1 aliphatic heterocycles. The fraction of sp³-hybridized carbons (Fsp3) is 0.565. The monoisotopic (exact) mass is 479 g/mol. The maximum absolute atomic E-state index is 13.9. The number of ether oxygens (including phenoxy) is 1. The summed E-state index contributed by atoms with van der Waals surface area (Å²) in [5, 5.41) is 3.00. The molecule has 2 atom stereocenters. The Morgan fingerprint density at radius 2 is 2.09 bits per heavy atom. The first-order chi connectivity index (χ1) is 16.1. The van der Waals surface area contributed by atoms with Gasteiger partial charge in [-0.15, -0.1) is 0 Å². The first-order valence-electron chi connectivity index (χ1n) is 11.4. The van der Waals surface area contributed by atoms with Crippen molar-refractivity contribution in [2.45, 2.75) is 58.0 Å². The number of rotatable bonds is 9. The molecule has 184 valence electrons. The number of anilines is 2. The van der Waals surface area contributed by atoms with Crippen LogP contribution in [0.1, 0.15) is 42.1 Å². The van der Waals surface area contributed by atoms with Crippen LogP contribution in [-0.2, 0) is 11.3 Å². The summed E-state index contributed by atoms with van der Waals surface area (Å²) in [6.45, 7) is 3.87. The Bertz CT molecular complexity index is 1100. The standard InChI is InChI=1S/C23H28F3N5O3/c1-14-5-7-27-11-17(14)18(32)12-31-19(23(24,25)26)6-8-30-21(33)9-20(29-22(30)31)28-10-15(2)34-13-16-3-4-16/h5,7,9,11,15-16,19,28H,3-4,6,8,10,12-13H2,1-2H3. The van der Waals surface area contributed by atoms with E-state index in [9.17, 15) is 22.8 Å². The molecule has 2 aliphatic rings. The number of carbonyl (C=O) groups is 1. The van der Waals surface area contributed by atoms with Crippen LogP contribution in [0, 0.1) is 12.8 Å². The molecule has 11 heteroatoms. The number of aryl methyl sites for hydroxylation is 1. The number of hydrogen-bond donors (Lipinski definition) is 1. The number of hydrogen-bond acceptors (Lipinski definition) is 7. The van der Waals surface area contributed by atoms with Gasteiger partial charge >= 0.3 is 6.18 Å². The minimum Gasteiger partial charge on any atom is -0.376 e. The molecule has 1 N–H and O–H groups in total. The number of carbonyl (C=O) groups excluding carboxylic acids is 1. The molecular formula is C23H28F3N5O3. The van der Waals surface area contributed by atoms with Gasteiger partial charge in [0.15, 0.2) is 5.78 Å². The molecule has 1 fully saturated rings. The van der Waals surface area contributed by atoms with E-state index in [0.29, 0.717) is 24.6 Å². The lowest BCUT2D eigenvalue weighted by molar-refractivity contribution is -0.152. The van der Waals surface area contributed by atoms with Crippen molar-refractivity contribution in [3.8, 4) is 0 Å². The number of Topliss-reactive ketones (excluding diaryl/α,β-unsaturated/α-hetero) is 1. The van der Waals surface area contributed by atoms with Gasteiger partial charge in [0.2, 0.25) is 5.95 Å². The van der Waals surface area contributed by atoms with Gasteiger partial charge in [0.1, 0.15) is 11.9 Å². The fourth-order valence-electron chi connectivity index (χ4n) is 3.97. The highest BCUT2D eigenvalue weighted by Crippen LogP contribution is 2.34. The van der Waals surface area contributed by atoms with Crippen LogP contribution in [0.5, 0.6) is 0 Å². The minimum atomic E-state index is -4.60. The molecular weight excluding hydrogens is 451 g/mol. The molecule has 3 heterocycles. The van der Waals surface area contributed by atoms with Crippen LogP contribution in [-0.4, -0.2) is 58.3 Å². The summed E-state index contributed by atoms with van der Waals surface area (Å²) in [6, 6.07) is 0.947. The average molecular weight is 480 g/mol. The van der Waals surface area contributed by atoms with E-state index in [2.05, 4.69) is 15.3 Å². The van der Waals surface area contributed by atoms with Crippen LogP contribution >= 0.6 is 0 Å². The highest BCUT2D eigenvalue weighted by atomic mass is 19.4. The van der Waals surface area contributed by atoms with E-state index < -0.39 is 30.1 Å². The van der Waals surface area contributed by atoms with Crippen LogP contribution in [0.25, 0.3) is 0 Å². The maximum Gasteiger partial charge on any atom is 0.408 e. The Labute approximate surface area is 195 Å². The second-order valence-electron chi connectivity index (χ2n) is 8.99. The van der Waals surface area contributed by atoms with E-state index in [1.807, 2.05) is 6.92 Å². The summed E-state index contributed by atoms with van der Waals surface area (Å²) in [6.07, 6.45) is 0.0717. The number of nitrogens with zero attached hydrogens (tertiary/aromatic N) is 4. The first-order valence-corrected chi connectivity index (χ1v) is 11.4. The largest absolute Gasteiger partial charge is 0.408 e. The number of ketones is 1. The second-order valence-corrected chi connectivity index (χ2v) is 8.99. The van der Waals surface area contributed by atoms with Gasteiger partial charge in [-0.25, -0.2) is 0 Å². The predicted molar refractivity (Wildman–Crippen MR) is 120 cm³/mol. The van der Waals surface area contributed by atoms with Gasteiger partial charge in [-0.3, -0.25) is 19.1 Å². The Hall–Kier alpha value is -2.95. The van der Waals surface area contributed by atoms with Crippen molar-refractivity contribution in [2.24, 2.45) is 5.92 Å². The lowest BCUT2D eigenvalue weighted by Crippen LogP contribution is -2.54. The molecule has 0 radical (unpaired) electrons. The van der Waals surface area contributed by atoms with Gasteiger partial charge in [-0.1, -0.05) is 0 Å². The van der Waals surface area contributed by atoms with Gasteiger partial charge in [0.05, 0.1) is 12.6 Å². The van der Waals surface area contributed by atoms with Crippen molar-refractivity contribution in [2.75, 3.05) is 29.9 Å². The molecule has 0 aromatic carbocycles. The lowest BCUT2D eigenvalue weighted by Gasteiger charge is -2.38. The summed E-state index contributed by atoms with van der Waals surface area (Å²) in [5.41, 5.74) is 0.370. The predicted octanol–water partition coefficient (Wildman–Crippen LogP) is 3.20. The second kappa shape index (κ2) is 9.73. The summed E-state index contributed by atoms with van der Waals surface area (Å²) >= 11 is 0.